The molecule has 1 fully saturated rings. The quantitative estimate of drug-likeness (QED) is 0.494. The van der Waals surface area contributed by atoms with Gasteiger partial charge in [0.1, 0.15) is 5.69 Å². The first-order valence-electron chi connectivity index (χ1n) is 6.66. The second kappa shape index (κ2) is 5.18. The van der Waals surface area contributed by atoms with Gasteiger partial charge in [0.2, 0.25) is 10.0 Å². The van der Waals surface area contributed by atoms with Crippen LogP contribution in [0.3, 0.4) is 0 Å². The van der Waals surface area contributed by atoms with Crippen molar-refractivity contribution in [2.75, 3.05) is 5.43 Å². The molecule has 1 aromatic rings. The number of allylic oxidation sites excluding steroid dienone is 2. The van der Waals surface area contributed by atoms with E-state index in [4.69, 9.17) is 5.14 Å². The maximum atomic E-state index is 11.3. The van der Waals surface area contributed by atoms with Gasteiger partial charge in [-0.25, -0.2) is 13.6 Å². The molecule has 3 rings (SSSR count). The molecule has 0 heterocycles. The first-order chi connectivity index (χ1) is 10.4. The van der Waals surface area contributed by atoms with Gasteiger partial charge in [0, 0.05) is 17.7 Å². The summed E-state index contributed by atoms with van der Waals surface area (Å²) in [5, 5.41) is 20.3. The lowest BCUT2D eigenvalue weighted by atomic mass is 9.74. The van der Waals surface area contributed by atoms with Crippen molar-refractivity contribution >= 4 is 27.1 Å². The molecular formula is C13H14N4O4S. The number of benzene rings is 1. The number of hydrogen-bond donors (Lipinski definition) is 2. The van der Waals surface area contributed by atoms with E-state index in [1.165, 1.54) is 12.1 Å². The first kappa shape index (κ1) is 14.7. The molecule has 0 saturated heterocycles. The highest BCUT2D eigenvalue weighted by Gasteiger charge is 2.37. The van der Waals surface area contributed by atoms with Crippen LogP contribution in [0.4, 0.5) is 11.4 Å². The second-order valence-electron chi connectivity index (χ2n) is 5.35. The fourth-order valence-electron chi connectivity index (χ4n) is 2.73. The molecule has 2 unspecified atom stereocenters. The highest BCUT2D eigenvalue weighted by atomic mass is 32.2. The Morgan fingerprint density at radius 2 is 2.18 bits per heavy atom. The number of nitro groups is 1. The van der Waals surface area contributed by atoms with E-state index < -0.39 is 14.9 Å². The number of nitro benzene ring substituents is 1. The summed E-state index contributed by atoms with van der Waals surface area (Å²) in [7, 11) is -3.99. The molecular weight excluding hydrogens is 308 g/mol. The number of nitrogens with one attached hydrogen (secondary N) is 1. The third kappa shape index (κ3) is 2.60. The Hall–Kier alpha value is -2.26. The number of hydrogen-bond acceptors (Lipinski definition) is 6. The molecule has 0 amide bonds. The van der Waals surface area contributed by atoms with Crippen LogP contribution in [-0.2, 0) is 10.0 Å². The maximum absolute atomic E-state index is 11.3. The fourth-order valence-corrected chi connectivity index (χ4v) is 3.26. The summed E-state index contributed by atoms with van der Waals surface area (Å²) >= 11 is 0. The number of rotatable bonds is 4. The normalized spacial score (nSPS) is 24.9. The van der Waals surface area contributed by atoms with E-state index in [0.29, 0.717) is 11.8 Å². The van der Waals surface area contributed by atoms with E-state index in [2.05, 4.69) is 22.7 Å². The Morgan fingerprint density at radius 3 is 2.82 bits per heavy atom. The molecule has 8 nitrogen and oxygen atoms in total. The van der Waals surface area contributed by atoms with Crippen LogP contribution in [-0.4, -0.2) is 19.1 Å². The highest BCUT2D eigenvalue weighted by Crippen LogP contribution is 2.40. The first-order valence-corrected chi connectivity index (χ1v) is 8.21. The lowest BCUT2D eigenvalue weighted by Crippen LogP contribution is -2.33. The summed E-state index contributed by atoms with van der Waals surface area (Å²) in [5.74, 6) is 0.913. The Bertz CT molecular complexity index is 800. The van der Waals surface area contributed by atoms with Crippen molar-refractivity contribution in [1.82, 2.24) is 0 Å². The van der Waals surface area contributed by atoms with E-state index >= 15 is 0 Å². The third-order valence-corrected chi connectivity index (χ3v) is 4.87. The van der Waals surface area contributed by atoms with Crippen molar-refractivity contribution in [3.05, 3.63) is 40.5 Å². The number of nitrogens with zero attached hydrogens (tertiary/aromatic N) is 2. The van der Waals surface area contributed by atoms with Crippen LogP contribution < -0.4 is 10.6 Å². The van der Waals surface area contributed by atoms with Crippen LogP contribution in [0, 0.1) is 22.0 Å². The van der Waals surface area contributed by atoms with E-state index in [1.54, 1.807) is 0 Å². The second-order valence-corrected chi connectivity index (χ2v) is 6.91. The largest absolute Gasteiger partial charge is 0.295 e. The van der Waals surface area contributed by atoms with Gasteiger partial charge in [-0.05, 0) is 30.9 Å². The molecule has 1 saturated carbocycles. The van der Waals surface area contributed by atoms with Crippen molar-refractivity contribution in [3.63, 3.8) is 0 Å². The average molecular weight is 322 g/mol. The van der Waals surface area contributed by atoms with E-state index in [-0.39, 0.29) is 16.3 Å². The smallest absolute Gasteiger partial charge is 0.272 e. The average Bonchev–Trinajstić information content (AvgIpc) is 2.79. The van der Waals surface area contributed by atoms with Crippen LogP contribution in [0.2, 0.25) is 0 Å². The molecule has 0 bridgehead atoms. The highest BCUT2D eigenvalue weighted by molar-refractivity contribution is 7.89. The van der Waals surface area contributed by atoms with Crippen molar-refractivity contribution in [2.24, 2.45) is 22.1 Å². The molecule has 1 aromatic carbocycles. The number of nitrogens with two attached hydrogens (primary N) is 1. The molecule has 9 heteroatoms. The predicted molar refractivity (Wildman–Crippen MR) is 80.9 cm³/mol. The van der Waals surface area contributed by atoms with Crippen LogP contribution in [0.15, 0.2) is 40.3 Å². The van der Waals surface area contributed by atoms with Crippen LogP contribution >= 0.6 is 0 Å². The van der Waals surface area contributed by atoms with Gasteiger partial charge in [-0.1, -0.05) is 12.2 Å². The minimum absolute atomic E-state index is 0.135. The minimum Gasteiger partial charge on any atom is -0.272 e. The zero-order chi connectivity index (χ0) is 15.9. The fraction of sp³-hybridized carbons (Fsp3) is 0.308. The molecule has 22 heavy (non-hydrogen) atoms. The minimum atomic E-state index is -3.99. The molecule has 0 spiro atoms. The number of hydrazone groups is 1. The number of primary sulfonamides is 1. The Morgan fingerprint density at radius 1 is 1.41 bits per heavy atom. The monoisotopic (exact) mass is 322 g/mol. The Balaban J connectivity index is 1.86. The van der Waals surface area contributed by atoms with Gasteiger partial charge in [0.05, 0.1) is 9.82 Å². The number of sulfonamides is 1. The number of anilines is 1. The van der Waals surface area contributed by atoms with Crippen molar-refractivity contribution in [1.29, 1.82) is 0 Å². The molecule has 2 aliphatic rings. The SMILES string of the molecule is NS(=O)(=O)c1ccc(N/N=C2/CC3CC=CC23)c([N+](=O)[O-])c1. The van der Waals surface area contributed by atoms with Gasteiger partial charge in [-0.2, -0.15) is 5.10 Å². The summed E-state index contributed by atoms with van der Waals surface area (Å²) in [5.41, 5.74) is 3.37. The summed E-state index contributed by atoms with van der Waals surface area (Å²) in [6, 6.07) is 3.43. The molecule has 0 aliphatic heterocycles. The molecule has 2 aliphatic carbocycles. The van der Waals surface area contributed by atoms with E-state index in [0.717, 1.165) is 24.6 Å². The van der Waals surface area contributed by atoms with Gasteiger partial charge < -0.3 is 0 Å². The Labute approximate surface area is 126 Å². The van der Waals surface area contributed by atoms with E-state index in [1.807, 2.05) is 0 Å². The molecule has 2 atom stereocenters. The standard InChI is InChI=1S/C13H14N4O4S/c14-22(20,21)9-4-5-11(13(7-9)17(18)19)15-16-12-6-8-2-1-3-10(8)12/h1,3-5,7-8,10,15H,2,6H2,(H2,14,20,21)/b16-12-. The van der Waals surface area contributed by atoms with Crippen LogP contribution in [0.5, 0.6) is 0 Å². The predicted octanol–water partition coefficient (Wildman–Crippen LogP) is 1.61. The molecule has 3 N–H and O–H groups in total. The van der Waals surface area contributed by atoms with Gasteiger partial charge >= 0.3 is 0 Å². The van der Waals surface area contributed by atoms with Crippen LogP contribution in [0.1, 0.15) is 12.8 Å². The maximum Gasteiger partial charge on any atom is 0.295 e. The van der Waals surface area contributed by atoms with Crippen molar-refractivity contribution in [3.8, 4) is 0 Å². The number of fused-ring (bicyclic) bond motifs is 1. The van der Waals surface area contributed by atoms with Crippen molar-refractivity contribution in [2.45, 2.75) is 17.7 Å². The molecule has 116 valence electrons. The third-order valence-electron chi connectivity index (χ3n) is 3.96. The lowest BCUT2D eigenvalue weighted by Gasteiger charge is -2.31. The van der Waals surface area contributed by atoms with Crippen LogP contribution in [0.25, 0.3) is 0 Å². The van der Waals surface area contributed by atoms with Gasteiger partial charge in [0.15, 0.2) is 0 Å². The van der Waals surface area contributed by atoms with Gasteiger partial charge in [0.25, 0.3) is 5.69 Å². The topological polar surface area (TPSA) is 128 Å². The lowest BCUT2D eigenvalue weighted by molar-refractivity contribution is -0.384. The van der Waals surface area contributed by atoms with E-state index in [9.17, 15) is 18.5 Å². The van der Waals surface area contributed by atoms with Gasteiger partial charge in [-0.15, -0.1) is 0 Å². The zero-order valence-corrected chi connectivity index (χ0v) is 12.3. The van der Waals surface area contributed by atoms with Crippen molar-refractivity contribution < 1.29 is 13.3 Å². The summed E-state index contributed by atoms with van der Waals surface area (Å²) < 4.78 is 22.5. The molecule has 0 aromatic heterocycles. The summed E-state index contributed by atoms with van der Waals surface area (Å²) in [6.45, 7) is 0. The Kier molecular flexibility index (Phi) is 3.45. The molecule has 0 radical (unpaired) electrons. The van der Waals surface area contributed by atoms with Gasteiger partial charge in [-0.3, -0.25) is 15.5 Å². The summed E-state index contributed by atoms with van der Waals surface area (Å²) in [4.78, 5) is 10.1. The summed E-state index contributed by atoms with van der Waals surface area (Å²) in [6.07, 6.45) is 6.12. The zero-order valence-electron chi connectivity index (χ0n) is 11.5.